The summed E-state index contributed by atoms with van der Waals surface area (Å²) in [6.45, 7) is 7.35. The number of aromatic nitrogens is 4. The van der Waals surface area contributed by atoms with Crippen LogP contribution in [0.25, 0.3) is 6.08 Å². The zero-order valence-corrected chi connectivity index (χ0v) is 16.4. The van der Waals surface area contributed by atoms with Gasteiger partial charge < -0.3 is 5.32 Å². The minimum absolute atomic E-state index is 0.231. The molecule has 1 amide bonds. The van der Waals surface area contributed by atoms with E-state index in [1.165, 1.54) is 6.08 Å². The maximum Gasteiger partial charge on any atom is 0.249 e. The Hall–Kier alpha value is -2.86. The lowest BCUT2D eigenvalue weighted by atomic mass is 10.2. The van der Waals surface area contributed by atoms with Gasteiger partial charge in [0.2, 0.25) is 5.91 Å². The second kappa shape index (κ2) is 8.22. The first-order valence-corrected chi connectivity index (χ1v) is 9.14. The third kappa shape index (κ3) is 4.65. The highest BCUT2D eigenvalue weighted by molar-refractivity contribution is 6.30. The molecule has 0 atom stereocenters. The topological polar surface area (TPSA) is 64.7 Å². The lowest BCUT2D eigenvalue weighted by molar-refractivity contribution is -0.111. The Morgan fingerprint density at radius 2 is 2.07 bits per heavy atom. The summed E-state index contributed by atoms with van der Waals surface area (Å²) in [7, 11) is 0. The molecule has 0 aliphatic rings. The Morgan fingerprint density at radius 1 is 1.26 bits per heavy atom. The highest BCUT2D eigenvalue weighted by atomic mass is 35.5. The molecule has 0 unspecified atom stereocenters. The molecule has 7 heteroatoms. The number of nitrogens with zero attached hydrogens (tertiary/aromatic N) is 4. The van der Waals surface area contributed by atoms with Crippen LogP contribution < -0.4 is 5.32 Å². The Bertz CT molecular complexity index is 986. The van der Waals surface area contributed by atoms with Gasteiger partial charge in [-0.1, -0.05) is 23.7 Å². The number of benzene rings is 1. The van der Waals surface area contributed by atoms with E-state index in [0.717, 1.165) is 29.1 Å². The van der Waals surface area contributed by atoms with Crippen LogP contribution in [0.15, 0.2) is 42.6 Å². The summed E-state index contributed by atoms with van der Waals surface area (Å²) in [5.74, 6) is 0.288. The molecule has 140 valence electrons. The average molecular weight is 384 g/mol. The molecule has 0 radical (unpaired) electrons. The van der Waals surface area contributed by atoms with E-state index >= 15 is 0 Å². The second-order valence-electron chi connectivity index (χ2n) is 6.28. The van der Waals surface area contributed by atoms with E-state index in [2.05, 4.69) is 15.5 Å². The molecule has 1 N–H and O–H groups in total. The number of amides is 1. The van der Waals surface area contributed by atoms with Crippen LogP contribution in [0.4, 0.5) is 5.82 Å². The van der Waals surface area contributed by atoms with Crippen LogP contribution in [0, 0.1) is 13.8 Å². The van der Waals surface area contributed by atoms with Crippen molar-refractivity contribution in [3.8, 4) is 0 Å². The van der Waals surface area contributed by atoms with Gasteiger partial charge in [0, 0.05) is 40.7 Å². The largest absolute Gasteiger partial charge is 0.306 e. The van der Waals surface area contributed by atoms with Gasteiger partial charge in [-0.25, -0.2) is 0 Å². The van der Waals surface area contributed by atoms with Gasteiger partial charge >= 0.3 is 0 Å². The van der Waals surface area contributed by atoms with Crippen molar-refractivity contribution in [3.63, 3.8) is 0 Å². The van der Waals surface area contributed by atoms with Gasteiger partial charge in [-0.3, -0.25) is 14.2 Å². The van der Waals surface area contributed by atoms with Gasteiger partial charge in [0.1, 0.15) is 0 Å². The summed E-state index contributed by atoms with van der Waals surface area (Å²) in [4.78, 5) is 12.2. The van der Waals surface area contributed by atoms with Gasteiger partial charge in [0.25, 0.3) is 0 Å². The van der Waals surface area contributed by atoms with E-state index in [0.29, 0.717) is 17.4 Å². The first-order valence-electron chi connectivity index (χ1n) is 8.76. The number of aryl methyl sites for hydroxylation is 2. The van der Waals surface area contributed by atoms with Gasteiger partial charge in [0.05, 0.1) is 12.7 Å². The molecule has 2 aromatic heterocycles. The van der Waals surface area contributed by atoms with Crippen molar-refractivity contribution in [1.82, 2.24) is 19.6 Å². The van der Waals surface area contributed by atoms with Crippen molar-refractivity contribution in [2.75, 3.05) is 5.32 Å². The third-order valence-corrected chi connectivity index (χ3v) is 4.54. The number of carbonyl (C=O) groups excluding carboxylic acids is 1. The van der Waals surface area contributed by atoms with Gasteiger partial charge in [-0.05, 0) is 44.5 Å². The quantitative estimate of drug-likeness (QED) is 0.652. The summed E-state index contributed by atoms with van der Waals surface area (Å²) in [5, 5.41) is 12.2. The summed E-state index contributed by atoms with van der Waals surface area (Å²) < 4.78 is 3.72. The van der Waals surface area contributed by atoms with Crippen molar-refractivity contribution in [3.05, 3.63) is 70.1 Å². The molecule has 2 heterocycles. The molecule has 0 saturated heterocycles. The number of rotatable bonds is 6. The van der Waals surface area contributed by atoms with Crippen molar-refractivity contribution in [1.29, 1.82) is 0 Å². The Kier molecular flexibility index (Phi) is 5.76. The van der Waals surface area contributed by atoms with Crippen molar-refractivity contribution in [2.24, 2.45) is 0 Å². The molecule has 0 spiro atoms. The summed E-state index contributed by atoms with van der Waals surface area (Å²) in [5.41, 5.74) is 3.96. The SMILES string of the molecule is CCn1ncc(/C=C/C(=O)Nc2cc(C)n(Cc3cccc(Cl)c3)n2)c1C. The zero-order chi connectivity index (χ0) is 19.4. The molecule has 3 rings (SSSR count). The van der Waals surface area contributed by atoms with Crippen LogP contribution in [0.5, 0.6) is 0 Å². The van der Waals surface area contributed by atoms with E-state index in [4.69, 9.17) is 11.6 Å². The maximum absolute atomic E-state index is 12.2. The molecular formula is C20H22ClN5O. The molecule has 3 aromatic rings. The fourth-order valence-corrected chi connectivity index (χ4v) is 3.03. The molecule has 0 aliphatic heterocycles. The van der Waals surface area contributed by atoms with Crippen LogP contribution in [0.3, 0.4) is 0 Å². The predicted molar refractivity (Wildman–Crippen MR) is 108 cm³/mol. The maximum atomic E-state index is 12.2. The van der Waals surface area contributed by atoms with Crippen molar-refractivity contribution >= 4 is 29.4 Å². The summed E-state index contributed by atoms with van der Waals surface area (Å²) in [6, 6.07) is 9.49. The fourth-order valence-electron chi connectivity index (χ4n) is 2.82. The Labute approximate surface area is 163 Å². The molecule has 27 heavy (non-hydrogen) atoms. The zero-order valence-electron chi connectivity index (χ0n) is 15.6. The van der Waals surface area contributed by atoms with Crippen LogP contribution in [0.1, 0.15) is 29.4 Å². The van der Waals surface area contributed by atoms with E-state index < -0.39 is 0 Å². The van der Waals surface area contributed by atoms with E-state index in [-0.39, 0.29) is 5.91 Å². The predicted octanol–water partition coefficient (Wildman–Crippen LogP) is 4.07. The molecule has 0 aliphatic carbocycles. The van der Waals surface area contributed by atoms with Crippen LogP contribution >= 0.6 is 11.6 Å². The number of hydrogen-bond donors (Lipinski definition) is 1. The third-order valence-electron chi connectivity index (χ3n) is 4.31. The molecular weight excluding hydrogens is 362 g/mol. The lowest BCUT2D eigenvalue weighted by Crippen LogP contribution is -2.09. The highest BCUT2D eigenvalue weighted by Gasteiger charge is 2.08. The second-order valence-corrected chi connectivity index (χ2v) is 6.72. The lowest BCUT2D eigenvalue weighted by Gasteiger charge is -2.04. The molecule has 0 fully saturated rings. The first-order chi connectivity index (χ1) is 13.0. The minimum Gasteiger partial charge on any atom is -0.306 e. The monoisotopic (exact) mass is 383 g/mol. The number of carbonyl (C=O) groups is 1. The molecule has 1 aromatic carbocycles. The minimum atomic E-state index is -0.231. The highest BCUT2D eigenvalue weighted by Crippen LogP contribution is 2.15. The van der Waals surface area contributed by atoms with E-state index in [1.807, 2.05) is 60.5 Å². The fraction of sp³-hybridized carbons (Fsp3) is 0.250. The number of halogens is 1. The summed E-state index contributed by atoms with van der Waals surface area (Å²) >= 11 is 6.03. The normalized spacial score (nSPS) is 11.3. The van der Waals surface area contributed by atoms with Gasteiger partial charge in [-0.15, -0.1) is 0 Å². The van der Waals surface area contributed by atoms with Gasteiger partial charge in [0.15, 0.2) is 5.82 Å². The van der Waals surface area contributed by atoms with E-state index in [1.54, 1.807) is 12.3 Å². The van der Waals surface area contributed by atoms with Crippen molar-refractivity contribution < 1.29 is 4.79 Å². The number of nitrogens with one attached hydrogen (secondary N) is 1. The average Bonchev–Trinajstić information content (AvgIpc) is 3.15. The molecule has 6 nitrogen and oxygen atoms in total. The van der Waals surface area contributed by atoms with Crippen molar-refractivity contribution in [2.45, 2.75) is 33.9 Å². The van der Waals surface area contributed by atoms with E-state index in [9.17, 15) is 4.79 Å². The molecule has 0 bridgehead atoms. The first kappa shape index (κ1) is 18.9. The number of hydrogen-bond acceptors (Lipinski definition) is 3. The Balaban J connectivity index is 1.66. The summed E-state index contributed by atoms with van der Waals surface area (Å²) in [6.07, 6.45) is 5.02. The van der Waals surface area contributed by atoms with Crippen LogP contribution in [0.2, 0.25) is 5.02 Å². The van der Waals surface area contributed by atoms with Gasteiger partial charge in [-0.2, -0.15) is 10.2 Å². The molecule has 0 saturated carbocycles. The standard InChI is InChI=1S/C20H22ClN5O/c1-4-25-15(3)17(12-22-25)8-9-20(27)23-19-10-14(2)26(24-19)13-16-6-5-7-18(21)11-16/h5-12H,4,13H2,1-3H3,(H,23,24,27)/b9-8+. The Morgan fingerprint density at radius 3 is 2.78 bits per heavy atom. The smallest absolute Gasteiger partial charge is 0.249 e. The number of anilines is 1. The van der Waals surface area contributed by atoms with Crippen LogP contribution in [-0.4, -0.2) is 25.5 Å². The van der Waals surface area contributed by atoms with Crippen LogP contribution in [-0.2, 0) is 17.9 Å².